The van der Waals surface area contributed by atoms with Crippen molar-refractivity contribution in [3.05, 3.63) is 11.6 Å². The van der Waals surface area contributed by atoms with Gasteiger partial charge in [-0.2, -0.15) is 13.2 Å². The predicted octanol–water partition coefficient (Wildman–Crippen LogP) is -0.128. The summed E-state index contributed by atoms with van der Waals surface area (Å²) in [5.41, 5.74) is 5.18. The Bertz CT molecular complexity index is 281. The molecule has 0 amide bonds. The summed E-state index contributed by atoms with van der Waals surface area (Å²) < 4.78 is 36.0. The molecule has 14 heavy (non-hydrogen) atoms. The molecule has 1 aromatic rings. The minimum Gasteiger partial charge on any atom is -0.329 e. The smallest absolute Gasteiger partial charge is 0.329 e. The summed E-state index contributed by atoms with van der Waals surface area (Å²) in [6, 6.07) is 0. The van der Waals surface area contributed by atoms with Crippen LogP contribution in [0.3, 0.4) is 0 Å². The first kappa shape index (κ1) is 10.9. The molecule has 0 spiro atoms. The van der Waals surface area contributed by atoms with Crippen molar-refractivity contribution >= 4 is 0 Å². The summed E-state index contributed by atoms with van der Waals surface area (Å²) in [5, 5.41) is 8.01. The number of hydrogen-bond acceptors (Lipinski definition) is 4. The highest BCUT2D eigenvalue weighted by atomic mass is 19.4. The quantitative estimate of drug-likeness (QED) is 0.603. The van der Waals surface area contributed by atoms with Gasteiger partial charge in [0.2, 0.25) is 0 Å². The second kappa shape index (κ2) is 4.38. The summed E-state index contributed by atoms with van der Waals surface area (Å²) in [6.45, 7) is 1.13. The van der Waals surface area contributed by atoms with Crippen LogP contribution in [0.5, 0.6) is 0 Å². The molecule has 0 unspecified atom stereocenters. The van der Waals surface area contributed by atoms with Crippen LogP contribution < -0.4 is 11.1 Å². The van der Waals surface area contributed by atoms with Crippen molar-refractivity contribution in [3.8, 4) is 0 Å². The molecule has 0 fully saturated rings. The van der Waals surface area contributed by atoms with Crippen molar-refractivity contribution in [1.29, 1.82) is 0 Å². The lowest BCUT2D eigenvalue weighted by Crippen LogP contribution is -2.22. The SMILES string of the molecule is NCCNCc1nc(C(F)(F)F)n[nH]1. The van der Waals surface area contributed by atoms with Crippen LogP contribution in [0.25, 0.3) is 0 Å². The Morgan fingerprint density at radius 1 is 1.43 bits per heavy atom. The monoisotopic (exact) mass is 209 g/mol. The maximum atomic E-state index is 12.0. The first-order valence-corrected chi connectivity index (χ1v) is 3.93. The number of nitrogens with two attached hydrogens (primary N) is 1. The number of alkyl halides is 3. The zero-order valence-corrected chi connectivity index (χ0v) is 7.23. The standard InChI is InChI=1S/C6H10F3N5/c7-6(8,9)5-12-4(13-14-5)3-11-2-1-10/h11H,1-3,10H2,(H,12,13,14). The highest BCUT2D eigenvalue weighted by Gasteiger charge is 2.35. The van der Waals surface area contributed by atoms with Gasteiger partial charge in [0.15, 0.2) is 0 Å². The molecule has 0 atom stereocenters. The molecule has 0 radical (unpaired) electrons. The lowest BCUT2D eigenvalue weighted by molar-refractivity contribution is -0.144. The second-order valence-corrected chi connectivity index (χ2v) is 2.57. The van der Waals surface area contributed by atoms with Crippen LogP contribution in [0, 0.1) is 0 Å². The number of hydrogen-bond donors (Lipinski definition) is 3. The van der Waals surface area contributed by atoms with E-state index in [1.165, 1.54) is 0 Å². The van der Waals surface area contributed by atoms with Gasteiger partial charge >= 0.3 is 6.18 Å². The van der Waals surface area contributed by atoms with E-state index in [9.17, 15) is 13.2 Å². The number of nitrogens with one attached hydrogen (secondary N) is 2. The maximum absolute atomic E-state index is 12.0. The summed E-state index contributed by atoms with van der Waals surface area (Å²) in [7, 11) is 0. The fourth-order valence-corrected chi connectivity index (χ4v) is 0.810. The molecule has 4 N–H and O–H groups in total. The van der Waals surface area contributed by atoms with Crippen molar-refractivity contribution in [1.82, 2.24) is 20.5 Å². The maximum Gasteiger partial charge on any atom is 0.453 e. The van der Waals surface area contributed by atoms with Crippen molar-refractivity contribution in [2.24, 2.45) is 5.73 Å². The van der Waals surface area contributed by atoms with Crippen molar-refractivity contribution < 1.29 is 13.2 Å². The first-order valence-electron chi connectivity index (χ1n) is 3.93. The number of halogens is 3. The van der Waals surface area contributed by atoms with E-state index in [4.69, 9.17) is 5.73 Å². The summed E-state index contributed by atoms with van der Waals surface area (Å²) in [6.07, 6.45) is -4.50. The topological polar surface area (TPSA) is 79.6 Å². The van der Waals surface area contributed by atoms with Gasteiger partial charge in [0.25, 0.3) is 5.82 Å². The Balaban J connectivity index is 2.51. The Morgan fingerprint density at radius 3 is 2.64 bits per heavy atom. The molecule has 0 aromatic carbocycles. The Kier molecular flexibility index (Phi) is 3.42. The van der Waals surface area contributed by atoms with E-state index in [0.717, 1.165) is 0 Å². The Morgan fingerprint density at radius 2 is 2.14 bits per heavy atom. The van der Waals surface area contributed by atoms with Gasteiger partial charge in [0.05, 0.1) is 6.54 Å². The Hall–Kier alpha value is -1.15. The normalized spacial score (nSPS) is 12.0. The van der Waals surface area contributed by atoms with E-state index in [0.29, 0.717) is 13.1 Å². The van der Waals surface area contributed by atoms with E-state index in [2.05, 4.69) is 20.5 Å². The third-order valence-corrected chi connectivity index (χ3v) is 1.40. The number of H-pyrrole nitrogens is 1. The third-order valence-electron chi connectivity index (χ3n) is 1.40. The van der Waals surface area contributed by atoms with Crippen molar-refractivity contribution in [2.45, 2.75) is 12.7 Å². The molecule has 5 nitrogen and oxygen atoms in total. The fraction of sp³-hybridized carbons (Fsp3) is 0.667. The zero-order valence-electron chi connectivity index (χ0n) is 7.23. The van der Waals surface area contributed by atoms with Crippen LogP contribution in [0.4, 0.5) is 13.2 Å². The van der Waals surface area contributed by atoms with Gasteiger partial charge in [-0.1, -0.05) is 0 Å². The predicted molar refractivity (Wildman–Crippen MR) is 42.1 cm³/mol. The van der Waals surface area contributed by atoms with E-state index in [1.807, 2.05) is 0 Å². The van der Waals surface area contributed by atoms with Crippen molar-refractivity contribution in [2.75, 3.05) is 13.1 Å². The number of aromatic nitrogens is 3. The van der Waals surface area contributed by atoms with E-state index < -0.39 is 12.0 Å². The number of aromatic amines is 1. The van der Waals surface area contributed by atoms with Crippen molar-refractivity contribution in [3.63, 3.8) is 0 Å². The highest BCUT2D eigenvalue weighted by Crippen LogP contribution is 2.25. The first-order chi connectivity index (χ1) is 6.54. The zero-order chi connectivity index (χ0) is 10.6. The van der Waals surface area contributed by atoms with Crippen LogP contribution in [0.15, 0.2) is 0 Å². The number of rotatable bonds is 4. The van der Waals surface area contributed by atoms with E-state index >= 15 is 0 Å². The molecule has 1 aromatic heterocycles. The third kappa shape index (κ3) is 2.96. The van der Waals surface area contributed by atoms with Gasteiger partial charge < -0.3 is 11.1 Å². The summed E-state index contributed by atoms with van der Waals surface area (Å²) in [4.78, 5) is 3.26. The van der Waals surface area contributed by atoms with Gasteiger partial charge in [-0.3, -0.25) is 5.10 Å². The number of nitrogens with zero attached hydrogens (tertiary/aromatic N) is 2. The molecular weight excluding hydrogens is 199 g/mol. The van der Waals surface area contributed by atoms with Gasteiger partial charge in [-0.15, -0.1) is 5.10 Å². The molecular formula is C6H10F3N5. The molecule has 80 valence electrons. The molecule has 0 saturated carbocycles. The van der Waals surface area contributed by atoms with Crippen LogP contribution in [0.1, 0.15) is 11.6 Å². The molecule has 0 aliphatic rings. The molecule has 1 heterocycles. The highest BCUT2D eigenvalue weighted by molar-refractivity contribution is 4.93. The minimum absolute atomic E-state index is 0.144. The van der Waals surface area contributed by atoms with Gasteiger partial charge in [-0.25, -0.2) is 4.98 Å². The molecule has 8 heteroatoms. The summed E-state index contributed by atoms with van der Waals surface area (Å²) in [5.74, 6) is -1.01. The van der Waals surface area contributed by atoms with E-state index in [1.54, 1.807) is 0 Å². The van der Waals surface area contributed by atoms with Gasteiger partial charge in [-0.05, 0) is 0 Å². The molecule has 0 saturated heterocycles. The molecule has 1 rings (SSSR count). The van der Waals surface area contributed by atoms with Crippen LogP contribution in [-0.2, 0) is 12.7 Å². The van der Waals surface area contributed by atoms with Gasteiger partial charge in [0, 0.05) is 13.1 Å². The van der Waals surface area contributed by atoms with Crippen LogP contribution in [-0.4, -0.2) is 28.3 Å². The lowest BCUT2D eigenvalue weighted by atomic mass is 10.5. The largest absolute Gasteiger partial charge is 0.453 e. The average molecular weight is 209 g/mol. The molecule has 0 aliphatic heterocycles. The van der Waals surface area contributed by atoms with Crippen LogP contribution in [0.2, 0.25) is 0 Å². The minimum atomic E-state index is -4.50. The molecule has 0 aliphatic carbocycles. The second-order valence-electron chi connectivity index (χ2n) is 2.57. The lowest BCUT2D eigenvalue weighted by Gasteiger charge is -1.98. The molecule has 0 bridgehead atoms. The van der Waals surface area contributed by atoms with Crippen LogP contribution >= 0.6 is 0 Å². The van der Waals surface area contributed by atoms with Gasteiger partial charge in [0.1, 0.15) is 5.82 Å². The Labute approximate surface area is 77.9 Å². The summed E-state index contributed by atoms with van der Waals surface area (Å²) >= 11 is 0. The average Bonchev–Trinajstić information content (AvgIpc) is 2.52. The van der Waals surface area contributed by atoms with E-state index in [-0.39, 0.29) is 12.4 Å². The fourth-order valence-electron chi connectivity index (χ4n) is 0.810.